The molecule has 0 N–H and O–H groups in total. The van der Waals surface area contributed by atoms with Crippen molar-refractivity contribution in [1.29, 1.82) is 0 Å². The van der Waals surface area contributed by atoms with Gasteiger partial charge < -0.3 is 9.64 Å². The van der Waals surface area contributed by atoms with Gasteiger partial charge in [-0.3, -0.25) is 4.79 Å². The minimum atomic E-state index is -0.908. The standard InChI is InChI=1S/C22H23N3O3/c1-5-25(18-9-7-6-8-10-18)21(26)16(4)28-22(27)17-11-12-19-20(13-17)24-15(3)14(2)23-19/h6-13,16H,5H2,1-4H3/t16-/m0/s1. The number of aromatic nitrogens is 2. The molecule has 0 aliphatic heterocycles. The van der Waals surface area contributed by atoms with Gasteiger partial charge in [0.05, 0.1) is 28.0 Å². The third-order valence-corrected chi connectivity index (χ3v) is 4.59. The van der Waals surface area contributed by atoms with E-state index in [-0.39, 0.29) is 5.91 Å². The summed E-state index contributed by atoms with van der Waals surface area (Å²) in [6.45, 7) is 7.71. The summed E-state index contributed by atoms with van der Waals surface area (Å²) in [5.41, 5.74) is 4.10. The van der Waals surface area contributed by atoms with Crippen molar-refractivity contribution in [2.45, 2.75) is 33.8 Å². The molecule has 0 aliphatic rings. The van der Waals surface area contributed by atoms with Crippen molar-refractivity contribution in [3.8, 4) is 0 Å². The summed E-state index contributed by atoms with van der Waals surface area (Å²) in [6.07, 6.45) is -0.908. The zero-order valence-corrected chi connectivity index (χ0v) is 16.5. The maximum atomic E-state index is 12.8. The van der Waals surface area contributed by atoms with Gasteiger partial charge in [0.25, 0.3) is 5.91 Å². The lowest BCUT2D eigenvalue weighted by Crippen LogP contribution is -2.40. The minimum Gasteiger partial charge on any atom is -0.449 e. The first-order chi connectivity index (χ1) is 13.4. The Balaban J connectivity index is 1.77. The summed E-state index contributed by atoms with van der Waals surface area (Å²) in [6, 6.07) is 14.3. The average molecular weight is 377 g/mol. The van der Waals surface area contributed by atoms with Crippen molar-refractivity contribution >= 4 is 28.6 Å². The molecule has 28 heavy (non-hydrogen) atoms. The molecule has 0 saturated heterocycles. The van der Waals surface area contributed by atoms with Crippen LogP contribution < -0.4 is 4.90 Å². The number of likely N-dealkylation sites (N-methyl/N-ethyl adjacent to an activating group) is 1. The number of hydrogen-bond donors (Lipinski definition) is 0. The van der Waals surface area contributed by atoms with Crippen LogP contribution in [0.15, 0.2) is 48.5 Å². The highest BCUT2D eigenvalue weighted by atomic mass is 16.5. The molecule has 1 aromatic heterocycles. The number of hydrogen-bond acceptors (Lipinski definition) is 5. The third-order valence-electron chi connectivity index (χ3n) is 4.59. The fourth-order valence-corrected chi connectivity index (χ4v) is 2.93. The number of nitrogens with zero attached hydrogens (tertiary/aromatic N) is 3. The molecular weight excluding hydrogens is 354 g/mol. The van der Waals surface area contributed by atoms with Crippen molar-refractivity contribution in [1.82, 2.24) is 9.97 Å². The number of fused-ring (bicyclic) bond motifs is 1. The van der Waals surface area contributed by atoms with E-state index < -0.39 is 12.1 Å². The number of benzene rings is 2. The molecule has 0 fully saturated rings. The van der Waals surface area contributed by atoms with Gasteiger partial charge in [0.15, 0.2) is 6.10 Å². The molecule has 3 aromatic rings. The molecule has 2 aromatic carbocycles. The molecule has 6 heteroatoms. The number of carbonyl (C=O) groups excluding carboxylic acids is 2. The Hall–Kier alpha value is -3.28. The van der Waals surface area contributed by atoms with Crippen molar-refractivity contribution in [3.63, 3.8) is 0 Å². The number of carbonyl (C=O) groups is 2. The van der Waals surface area contributed by atoms with E-state index in [0.29, 0.717) is 23.1 Å². The van der Waals surface area contributed by atoms with Gasteiger partial charge in [-0.05, 0) is 58.0 Å². The molecule has 0 unspecified atom stereocenters. The van der Waals surface area contributed by atoms with E-state index in [0.717, 1.165) is 17.1 Å². The highest BCUT2D eigenvalue weighted by Gasteiger charge is 2.24. The van der Waals surface area contributed by atoms with Crippen LogP contribution in [0.2, 0.25) is 0 Å². The molecule has 6 nitrogen and oxygen atoms in total. The first kappa shape index (κ1) is 19.5. The number of rotatable bonds is 5. The van der Waals surface area contributed by atoms with Crippen molar-refractivity contribution < 1.29 is 14.3 Å². The summed E-state index contributed by atoms with van der Waals surface area (Å²) in [5.74, 6) is -0.832. The summed E-state index contributed by atoms with van der Waals surface area (Å²) in [4.78, 5) is 35.8. The average Bonchev–Trinajstić information content (AvgIpc) is 2.69. The van der Waals surface area contributed by atoms with Crippen molar-refractivity contribution in [2.75, 3.05) is 11.4 Å². The van der Waals surface area contributed by atoms with Crippen LogP contribution in [-0.4, -0.2) is 34.5 Å². The molecule has 1 amide bonds. The molecular formula is C22H23N3O3. The maximum absolute atomic E-state index is 12.8. The third kappa shape index (κ3) is 4.01. The number of aryl methyl sites for hydroxylation is 2. The van der Waals surface area contributed by atoms with Crippen LogP contribution in [0.3, 0.4) is 0 Å². The second kappa shape index (κ2) is 8.17. The smallest absolute Gasteiger partial charge is 0.338 e. The zero-order valence-electron chi connectivity index (χ0n) is 16.5. The van der Waals surface area contributed by atoms with E-state index in [1.807, 2.05) is 51.1 Å². The largest absolute Gasteiger partial charge is 0.449 e. The van der Waals surface area contributed by atoms with Gasteiger partial charge in [-0.2, -0.15) is 0 Å². The summed E-state index contributed by atoms with van der Waals surface area (Å²) >= 11 is 0. The fourth-order valence-electron chi connectivity index (χ4n) is 2.93. The molecule has 0 spiro atoms. The molecule has 0 bridgehead atoms. The van der Waals surface area contributed by atoms with Gasteiger partial charge in [-0.25, -0.2) is 14.8 Å². The second-order valence-electron chi connectivity index (χ2n) is 6.56. The number of ether oxygens (including phenoxy) is 1. The van der Waals surface area contributed by atoms with E-state index in [1.165, 1.54) is 0 Å². The van der Waals surface area contributed by atoms with Crippen LogP contribution in [0.4, 0.5) is 5.69 Å². The van der Waals surface area contributed by atoms with Crippen LogP contribution in [0, 0.1) is 13.8 Å². The summed E-state index contributed by atoms with van der Waals surface area (Å²) in [5, 5.41) is 0. The normalized spacial score (nSPS) is 11.9. The number of amides is 1. The lowest BCUT2D eigenvalue weighted by atomic mass is 10.2. The van der Waals surface area contributed by atoms with E-state index in [2.05, 4.69) is 9.97 Å². The monoisotopic (exact) mass is 377 g/mol. The highest BCUT2D eigenvalue weighted by molar-refractivity contribution is 5.99. The Morgan fingerprint density at radius 3 is 2.29 bits per heavy atom. The Morgan fingerprint density at radius 1 is 1.00 bits per heavy atom. The maximum Gasteiger partial charge on any atom is 0.338 e. The lowest BCUT2D eigenvalue weighted by molar-refractivity contribution is -0.126. The highest BCUT2D eigenvalue weighted by Crippen LogP contribution is 2.18. The second-order valence-corrected chi connectivity index (χ2v) is 6.56. The first-order valence-electron chi connectivity index (χ1n) is 9.23. The number of esters is 1. The molecule has 0 radical (unpaired) electrons. The van der Waals surface area contributed by atoms with Gasteiger partial charge in [0.1, 0.15) is 0 Å². The van der Waals surface area contributed by atoms with Gasteiger partial charge in [0.2, 0.25) is 0 Å². The number of anilines is 1. The molecule has 0 saturated carbocycles. The molecule has 3 rings (SSSR count). The molecule has 144 valence electrons. The molecule has 0 aliphatic carbocycles. The fraction of sp³-hybridized carbons (Fsp3) is 0.273. The van der Waals surface area contributed by atoms with Gasteiger partial charge in [-0.15, -0.1) is 0 Å². The van der Waals surface area contributed by atoms with Crippen LogP contribution in [0.1, 0.15) is 35.6 Å². The van der Waals surface area contributed by atoms with Crippen LogP contribution in [-0.2, 0) is 9.53 Å². The first-order valence-corrected chi connectivity index (χ1v) is 9.23. The van der Waals surface area contributed by atoms with Gasteiger partial charge >= 0.3 is 5.97 Å². The van der Waals surface area contributed by atoms with Gasteiger partial charge in [0, 0.05) is 12.2 Å². The summed E-state index contributed by atoms with van der Waals surface area (Å²) in [7, 11) is 0. The number of para-hydroxylation sites is 1. The Morgan fingerprint density at radius 2 is 1.64 bits per heavy atom. The Bertz CT molecular complexity index is 1020. The van der Waals surface area contributed by atoms with Crippen LogP contribution >= 0.6 is 0 Å². The molecule has 1 atom stereocenters. The van der Waals surface area contributed by atoms with Crippen molar-refractivity contribution in [3.05, 3.63) is 65.5 Å². The summed E-state index contributed by atoms with van der Waals surface area (Å²) < 4.78 is 5.43. The predicted octanol–water partition coefficient (Wildman–Crippen LogP) is 3.85. The van der Waals surface area contributed by atoms with E-state index >= 15 is 0 Å². The van der Waals surface area contributed by atoms with Gasteiger partial charge in [-0.1, -0.05) is 18.2 Å². The topological polar surface area (TPSA) is 72.4 Å². The van der Waals surface area contributed by atoms with E-state index in [4.69, 9.17) is 4.74 Å². The van der Waals surface area contributed by atoms with Crippen molar-refractivity contribution in [2.24, 2.45) is 0 Å². The zero-order chi connectivity index (χ0) is 20.3. The lowest BCUT2D eigenvalue weighted by Gasteiger charge is -2.24. The minimum absolute atomic E-state index is 0.269. The Kier molecular flexibility index (Phi) is 5.68. The van der Waals surface area contributed by atoms with Crippen LogP contribution in [0.25, 0.3) is 11.0 Å². The van der Waals surface area contributed by atoms with Crippen LogP contribution in [0.5, 0.6) is 0 Å². The van der Waals surface area contributed by atoms with E-state index in [9.17, 15) is 9.59 Å². The quantitative estimate of drug-likeness (QED) is 0.632. The van der Waals surface area contributed by atoms with E-state index in [1.54, 1.807) is 30.0 Å². The SMILES string of the molecule is CCN(C(=O)[C@H](C)OC(=O)c1ccc2nc(C)c(C)nc2c1)c1ccccc1. The predicted molar refractivity (Wildman–Crippen MR) is 108 cm³/mol. The molecule has 1 heterocycles. The Labute approximate surface area is 164 Å².